The van der Waals surface area contributed by atoms with E-state index in [9.17, 15) is 19.1 Å². The zero-order chi connectivity index (χ0) is 21.8. The Balaban J connectivity index is 1.44. The molecule has 8 heteroatoms. The minimum absolute atomic E-state index is 0.108. The van der Waals surface area contributed by atoms with Crippen LogP contribution in [-0.4, -0.2) is 83.9 Å². The third-order valence-corrected chi connectivity index (χ3v) is 6.44. The molecule has 4 rings (SSSR count). The van der Waals surface area contributed by atoms with Crippen LogP contribution in [-0.2, 0) is 14.3 Å². The number of halogens is 1. The highest BCUT2D eigenvalue weighted by Crippen LogP contribution is 2.29. The van der Waals surface area contributed by atoms with Gasteiger partial charge in [0.15, 0.2) is 0 Å². The fourth-order valence-electron chi connectivity index (χ4n) is 4.80. The van der Waals surface area contributed by atoms with Crippen LogP contribution < -0.4 is 0 Å². The van der Waals surface area contributed by atoms with Crippen LogP contribution in [0.15, 0.2) is 24.3 Å². The number of likely N-dealkylation sites (tertiary alicyclic amines) is 1. The lowest BCUT2D eigenvalue weighted by molar-refractivity contribution is -0.155. The van der Waals surface area contributed by atoms with Crippen LogP contribution in [0, 0.1) is 5.82 Å². The maximum Gasteiger partial charge on any atom is 0.254 e. The van der Waals surface area contributed by atoms with Gasteiger partial charge in [-0.25, -0.2) is 4.39 Å². The van der Waals surface area contributed by atoms with Crippen LogP contribution in [0.1, 0.15) is 48.9 Å². The molecule has 0 bridgehead atoms. The van der Waals surface area contributed by atoms with Gasteiger partial charge in [0.2, 0.25) is 5.91 Å². The van der Waals surface area contributed by atoms with Crippen molar-refractivity contribution in [1.29, 1.82) is 0 Å². The summed E-state index contributed by atoms with van der Waals surface area (Å²) in [4.78, 5) is 29.4. The van der Waals surface area contributed by atoms with E-state index in [0.29, 0.717) is 24.8 Å². The van der Waals surface area contributed by atoms with Gasteiger partial charge in [0.05, 0.1) is 37.9 Å². The molecule has 7 nitrogen and oxygen atoms in total. The number of aliphatic hydroxyl groups is 1. The SMILES string of the molecule is O=C(C[C@H]1CC[C@@H]2[C@H](COC[C@H](O)CN2C(=O)c2ccc(F)cc2)O1)N1CCCCC1. The Hall–Kier alpha value is -2.03. The summed E-state index contributed by atoms with van der Waals surface area (Å²) >= 11 is 0. The van der Waals surface area contributed by atoms with Gasteiger partial charge in [-0.3, -0.25) is 9.59 Å². The zero-order valence-electron chi connectivity index (χ0n) is 17.7. The summed E-state index contributed by atoms with van der Waals surface area (Å²) in [5.41, 5.74) is 0.372. The van der Waals surface area contributed by atoms with Crippen LogP contribution in [0.2, 0.25) is 0 Å². The summed E-state index contributed by atoms with van der Waals surface area (Å²) in [5.74, 6) is -0.537. The fourth-order valence-corrected chi connectivity index (χ4v) is 4.80. The molecule has 31 heavy (non-hydrogen) atoms. The van der Waals surface area contributed by atoms with Crippen molar-refractivity contribution in [2.75, 3.05) is 32.8 Å². The molecular formula is C23H31FN2O5. The third-order valence-electron chi connectivity index (χ3n) is 6.44. The third kappa shape index (κ3) is 5.42. The number of carbonyl (C=O) groups is 2. The van der Waals surface area contributed by atoms with E-state index in [1.807, 2.05) is 4.90 Å². The molecule has 0 saturated carbocycles. The van der Waals surface area contributed by atoms with Gasteiger partial charge in [-0.1, -0.05) is 0 Å². The second-order valence-corrected chi connectivity index (χ2v) is 8.74. The van der Waals surface area contributed by atoms with Crippen LogP contribution >= 0.6 is 0 Å². The molecule has 0 spiro atoms. The molecule has 1 aromatic carbocycles. The summed E-state index contributed by atoms with van der Waals surface area (Å²) in [6.07, 6.45) is 3.57. The van der Waals surface area contributed by atoms with Crippen LogP contribution in [0.3, 0.4) is 0 Å². The average Bonchev–Trinajstić information content (AvgIpc) is 2.77. The molecule has 3 aliphatic heterocycles. The van der Waals surface area contributed by atoms with Crippen molar-refractivity contribution >= 4 is 11.8 Å². The first kappa shape index (κ1) is 22.2. The van der Waals surface area contributed by atoms with Crippen LogP contribution in [0.5, 0.6) is 0 Å². The lowest BCUT2D eigenvalue weighted by Gasteiger charge is -2.44. The van der Waals surface area contributed by atoms with Crippen molar-refractivity contribution < 1.29 is 28.6 Å². The number of carbonyl (C=O) groups excluding carboxylic acids is 2. The number of hydrogen-bond donors (Lipinski definition) is 1. The van der Waals surface area contributed by atoms with Crippen molar-refractivity contribution in [3.63, 3.8) is 0 Å². The first-order valence-corrected chi connectivity index (χ1v) is 11.3. The molecule has 170 valence electrons. The smallest absolute Gasteiger partial charge is 0.254 e. The monoisotopic (exact) mass is 434 g/mol. The average molecular weight is 435 g/mol. The number of piperidine rings is 1. The normalized spacial score (nSPS) is 29.6. The van der Waals surface area contributed by atoms with Crippen molar-refractivity contribution in [3.05, 3.63) is 35.6 Å². The first-order valence-electron chi connectivity index (χ1n) is 11.3. The standard InChI is InChI=1S/C23H31FN2O5/c24-17-6-4-16(5-7-17)23(29)26-13-18(27)14-30-15-21-20(26)9-8-19(31-21)12-22(28)25-10-2-1-3-11-25/h4-7,18-21,27H,1-3,8-15H2/t18-,19-,20-,21+/m1/s1. The van der Waals surface area contributed by atoms with E-state index in [1.165, 1.54) is 30.7 Å². The summed E-state index contributed by atoms with van der Waals surface area (Å²) in [5, 5.41) is 10.3. The van der Waals surface area contributed by atoms with Gasteiger partial charge >= 0.3 is 0 Å². The quantitative estimate of drug-likeness (QED) is 0.787. The maximum atomic E-state index is 13.3. The number of aliphatic hydroxyl groups excluding tert-OH is 1. The summed E-state index contributed by atoms with van der Waals surface area (Å²) in [6.45, 7) is 2.12. The molecule has 3 fully saturated rings. The number of β-amino-alcohol motifs (C(OH)–C–C–N with tert-alkyl or cyclic N) is 1. The highest BCUT2D eigenvalue weighted by atomic mass is 19.1. The van der Waals surface area contributed by atoms with E-state index in [2.05, 4.69) is 0 Å². The van der Waals surface area contributed by atoms with Gasteiger partial charge < -0.3 is 24.4 Å². The van der Waals surface area contributed by atoms with Crippen molar-refractivity contribution in [2.24, 2.45) is 0 Å². The largest absolute Gasteiger partial charge is 0.389 e. The highest BCUT2D eigenvalue weighted by molar-refractivity contribution is 5.94. The Morgan fingerprint density at radius 2 is 1.81 bits per heavy atom. The van der Waals surface area contributed by atoms with E-state index < -0.39 is 11.9 Å². The Morgan fingerprint density at radius 3 is 2.55 bits per heavy atom. The van der Waals surface area contributed by atoms with Gasteiger partial charge in [-0.2, -0.15) is 0 Å². The molecule has 1 N–H and O–H groups in total. The zero-order valence-corrected chi connectivity index (χ0v) is 17.7. The Morgan fingerprint density at radius 1 is 1.06 bits per heavy atom. The molecule has 0 radical (unpaired) electrons. The number of benzene rings is 1. The maximum absolute atomic E-state index is 13.3. The number of nitrogens with zero attached hydrogens (tertiary/aromatic N) is 2. The molecular weight excluding hydrogens is 403 g/mol. The van der Waals surface area contributed by atoms with Gasteiger partial charge in [0, 0.05) is 25.2 Å². The van der Waals surface area contributed by atoms with Gasteiger partial charge in [-0.15, -0.1) is 0 Å². The molecule has 3 heterocycles. The van der Waals surface area contributed by atoms with E-state index in [4.69, 9.17) is 9.47 Å². The van der Waals surface area contributed by atoms with Crippen molar-refractivity contribution in [1.82, 2.24) is 9.80 Å². The number of ether oxygens (including phenoxy) is 2. The Labute approximate surface area is 182 Å². The molecule has 0 aliphatic carbocycles. The van der Waals surface area contributed by atoms with E-state index in [-0.39, 0.29) is 49.8 Å². The topological polar surface area (TPSA) is 79.3 Å². The van der Waals surface area contributed by atoms with Crippen molar-refractivity contribution in [2.45, 2.75) is 62.9 Å². The predicted octanol–water partition coefficient (Wildman–Crippen LogP) is 1.98. The molecule has 0 unspecified atom stereocenters. The summed E-state index contributed by atoms with van der Waals surface area (Å²) in [7, 11) is 0. The predicted molar refractivity (Wildman–Crippen MR) is 111 cm³/mol. The molecule has 3 aliphatic rings. The second kappa shape index (κ2) is 10.1. The number of fused-ring (bicyclic) bond motifs is 1. The number of hydrogen-bond acceptors (Lipinski definition) is 5. The van der Waals surface area contributed by atoms with E-state index in [0.717, 1.165) is 25.9 Å². The fraction of sp³-hybridized carbons (Fsp3) is 0.652. The lowest BCUT2D eigenvalue weighted by atomic mass is 9.94. The molecule has 0 aromatic heterocycles. The second-order valence-electron chi connectivity index (χ2n) is 8.74. The Kier molecular flexibility index (Phi) is 7.20. The van der Waals surface area contributed by atoms with Gasteiger partial charge in [-0.05, 0) is 56.4 Å². The minimum atomic E-state index is -0.802. The molecule has 1 aromatic rings. The van der Waals surface area contributed by atoms with Crippen LogP contribution in [0.4, 0.5) is 4.39 Å². The lowest BCUT2D eigenvalue weighted by Crippen LogP contribution is -2.57. The minimum Gasteiger partial charge on any atom is -0.389 e. The van der Waals surface area contributed by atoms with Gasteiger partial charge in [0.25, 0.3) is 5.91 Å². The number of amides is 2. The Bertz CT molecular complexity index is 768. The summed E-state index contributed by atoms with van der Waals surface area (Å²) < 4.78 is 25.2. The van der Waals surface area contributed by atoms with Gasteiger partial charge in [0.1, 0.15) is 11.9 Å². The summed E-state index contributed by atoms with van der Waals surface area (Å²) in [6, 6.07) is 5.16. The van der Waals surface area contributed by atoms with Crippen LogP contribution in [0.25, 0.3) is 0 Å². The molecule has 3 saturated heterocycles. The van der Waals surface area contributed by atoms with E-state index >= 15 is 0 Å². The number of rotatable bonds is 3. The molecule has 2 amide bonds. The first-order chi connectivity index (χ1) is 15.0. The molecule has 4 atom stereocenters. The highest BCUT2D eigenvalue weighted by Gasteiger charge is 2.40. The van der Waals surface area contributed by atoms with Crippen molar-refractivity contribution in [3.8, 4) is 0 Å². The van der Waals surface area contributed by atoms with E-state index in [1.54, 1.807) is 4.90 Å².